The van der Waals surface area contributed by atoms with E-state index in [4.69, 9.17) is 4.74 Å². The van der Waals surface area contributed by atoms with Gasteiger partial charge in [-0.15, -0.1) is 5.10 Å². The number of carboxylic acid groups (broad SMARTS) is 1. The second-order valence-corrected chi connectivity index (χ2v) is 14.4. The molecule has 6 bridgehead atoms. The van der Waals surface area contributed by atoms with Crippen LogP contribution in [0.15, 0.2) is 73.2 Å². The predicted molar refractivity (Wildman–Crippen MR) is 186 cm³/mol. The number of ether oxygens (including phenoxy) is 1. The van der Waals surface area contributed by atoms with Crippen LogP contribution in [0, 0.1) is 17.6 Å². The van der Waals surface area contributed by atoms with E-state index in [1.165, 1.54) is 24.3 Å². The van der Waals surface area contributed by atoms with E-state index in [0.29, 0.717) is 23.3 Å². The molecule has 0 spiro atoms. The third-order valence-corrected chi connectivity index (χ3v) is 10.3. The second kappa shape index (κ2) is 12.9. The zero-order valence-corrected chi connectivity index (χ0v) is 28.6. The van der Waals surface area contributed by atoms with Gasteiger partial charge < -0.3 is 19.8 Å². The summed E-state index contributed by atoms with van der Waals surface area (Å²) in [5.41, 5.74) is 4.12. The molecule has 0 fully saturated rings. The molecule has 50 heavy (non-hydrogen) atoms. The largest absolute Gasteiger partial charge is 0.481 e. The van der Waals surface area contributed by atoms with E-state index < -0.39 is 28.9 Å². The van der Waals surface area contributed by atoms with Gasteiger partial charge in [0.1, 0.15) is 17.4 Å². The Morgan fingerprint density at radius 3 is 2.70 bits per heavy atom. The van der Waals surface area contributed by atoms with E-state index >= 15 is 8.78 Å². The van der Waals surface area contributed by atoms with Crippen molar-refractivity contribution in [1.29, 1.82) is 0 Å². The molecule has 0 radical (unpaired) electrons. The molecule has 6 aromatic rings. The molecule has 4 heterocycles. The third-order valence-electron chi connectivity index (χ3n) is 10.3. The minimum atomic E-state index is -0.841. The van der Waals surface area contributed by atoms with E-state index in [1.54, 1.807) is 24.0 Å². The molecule has 2 unspecified atom stereocenters. The fourth-order valence-corrected chi connectivity index (χ4v) is 7.03. The first kappa shape index (κ1) is 33.2. The number of H-pyrrole nitrogens is 2. The van der Waals surface area contributed by atoms with Gasteiger partial charge in [0.25, 0.3) is 0 Å². The molecule has 0 saturated carbocycles. The van der Waals surface area contributed by atoms with Crippen molar-refractivity contribution in [2.45, 2.75) is 77.2 Å². The summed E-state index contributed by atoms with van der Waals surface area (Å²) < 4.78 is 39.2. The van der Waals surface area contributed by atoms with Gasteiger partial charge in [-0.2, -0.15) is 0 Å². The number of hydrogen-bond donors (Lipinski definition) is 3. The maximum atomic E-state index is 15.8. The fourth-order valence-electron chi connectivity index (χ4n) is 7.03. The van der Waals surface area contributed by atoms with Gasteiger partial charge in [-0.1, -0.05) is 63.1 Å². The lowest BCUT2D eigenvalue weighted by Gasteiger charge is -2.31. The van der Waals surface area contributed by atoms with Gasteiger partial charge in [-0.05, 0) is 61.6 Å². The Morgan fingerprint density at radius 2 is 1.88 bits per heavy atom. The van der Waals surface area contributed by atoms with E-state index in [1.807, 2.05) is 24.4 Å². The van der Waals surface area contributed by atoms with Gasteiger partial charge in [-0.25, -0.2) is 18.4 Å². The van der Waals surface area contributed by atoms with Gasteiger partial charge in [0.2, 0.25) is 0 Å². The van der Waals surface area contributed by atoms with Gasteiger partial charge in [0, 0.05) is 57.6 Å². The monoisotopic (exact) mass is 678 g/mol. The van der Waals surface area contributed by atoms with Crippen LogP contribution in [-0.2, 0) is 28.6 Å². The quantitative estimate of drug-likeness (QED) is 0.172. The lowest BCUT2D eigenvalue weighted by atomic mass is 9.74. The first-order valence-corrected chi connectivity index (χ1v) is 17.0. The molecular weight excluding hydrogens is 638 g/mol. The number of fused-ring (bicyclic) bond motifs is 10. The van der Waals surface area contributed by atoms with Crippen molar-refractivity contribution in [3.8, 4) is 22.9 Å². The number of hydrogen-bond acceptors (Lipinski definition) is 5. The van der Waals surface area contributed by atoms with E-state index in [-0.39, 0.29) is 29.0 Å². The summed E-state index contributed by atoms with van der Waals surface area (Å²) in [6.07, 6.45) is 9.17. The van der Waals surface area contributed by atoms with Gasteiger partial charge in [0.05, 0.1) is 23.7 Å². The molecule has 3 aromatic carbocycles. The summed E-state index contributed by atoms with van der Waals surface area (Å²) in [5.74, 6) is -1.85. The van der Waals surface area contributed by atoms with Crippen molar-refractivity contribution in [1.82, 2.24) is 29.9 Å². The number of rotatable bonds is 4. The van der Waals surface area contributed by atoms with Crippen LogP contribution in [0.3, 0.4) is 0 Å². The van der Waals surface area contributed by atoms with E-state index in [9.17, 15) is 9.90 Å². The molecule has 11 heteroatoms. The number of aromatic nitrogens is 6. The lowest BCUT2D eigenvalue weighted by molar-refractivity contribution is -0.141. The van der Waals surface area contributed by atoms with Crippen LogP contribution in [0.25, 0.3) is 22.3 Å². The second-order valence-electron chi connectivity index (χ2n) is 14.4. The van der Waals surface area contributed by atoms with Crippen molar-refractivity contribution < 1.29 is 23.4 Å². The highest BCUT2D eigenvalue weighted by Gasteiger charge is 2.33. The topological polar surface area (TPSA) is 122 Å². The van der Waals surface area contributed by atoms with Crippen LogP contribution in [0.2, 0.25) is 0 Å². The van der Waals surface area contributed by atoms with Crippen LogP contribution >= 0.6 is 0 Å². The standard InChI is InChI=1S/C39H40F2N6O3/c1-23(37(48)49)16-24-8-7-9-25(17-24)39(4)14-6-5-13-38(2,3)34-22-47(46-45-34)21-29-27-12-15-42-32(27)19-31(41)35(29)50-26-10-11-30(40)28(18-26)36-43-20-33(39)44-36/h7-12,15,17-20,22-23,42H,5-6,13-14,16,21H2,1-4H3,(H,43,44)(H,48,49). The molecule has 7 rings (SSSR count). The maximum absolute atomic E-state index is 15.8. The van der Waals surface area contributed by atoms with Crippen molar-refractivity contribution in [3.63, 3.8) is 0 Å². The van der Waals surface area contributed by atoms with Gasteiger partial charge >= 0.3 is 5.97 Å². The van der Waals surface area contributed by atoms with Crippen LogP contribution in [0.1, 0.15) is 81.5 Å². The number of carbonyl (C=O) groups is 1. The minimum Gasteiger partial charge on any atom is -0.481 e. The van der Waals surface area contributed by atoms with E-state index in [0.717, 1.165) is 53.6 Å². The Labute approximate surface area is 288 Å². The SMILES string of the molecule is CC(Cc1cccc(C2(C)CCCCC(C)(C)c3cn(nn3)Cc3c(c(F)cc4[nH]ccc34)Oc3ccc(F)c(c3)-c3ncc2[nH]3)c1)C(=O)O. The van der Waals surface area contributed by atoms with Crippen LogP contribution in [0.4, 0.5) is 8.78 Å². The number of benzene rings is 3. The highest BCUT2D eigenvalue weighted by Crippen LogP contribution is 2.41. The first-order chi connectivity index (χ1) is 23.9. The summed E-state index contributed by atoms with van der Waals surface area (Å²) in [6.45, 7) is 8.36. The highest BCUT2D eigenvalue weighted by atomic mass is 19.1. The Morgan fingerprint density at radius 1 is 1.06 bits per heavy atom. The summed E-state index contributed by atoms with van der Waals surface area (Å²) in [7, 11) is 0. The molecule has 258 valence electrons. The molecular formula is C39H40F2N6O3. The number of aliphatic carboxylic acids is 1. The maximum Gasteiger partial charge on any atom is 0.306 e. The normalized spacial score (nSPS) is 18.4. The van der Waals surface area contributed by atoms with Crippen LogP contribution in [-0.4, -0.2) is 41.0 Å². The highest BCUT2D eigenvalue weighted by molar-refractivity contribution is 5.85. The Hall–Kier alpha value is -5.32. The molecule has 0 aliphatic carbocycles. The van der Waals surface area contributed by atoms with Crippen molar-refractivity contribution in [2.24, 2.45) is 5.92 Å². The third kappa shape index (κ3) is 6.28. The predicted octanol–water partition coefficient (Wildman–Crippen LogP) is 8.69. The number of halogens is 2. The van der Waals surface area contributed by atoms with Crippen LogP contribution < -0.4 is 4.74 Å². The zero-order valence-electron chi connectivity index (χ0n) is 28.6. The molecule has 3 N–H and O–H groups in total. The number of aromatic amines is 2. The average Bonchev–Trinajstić information content (AvgIpc) is 3.87. The lowest BCUT2D eigenvalue weighted by Crippen LogP contribution is -2.25. The molecule has 3 aromatic heterocycles. The Balaban J connectivity index is 1.34. The molecule has 0 saturated heterocycles. The van der Waals surface area contributed by atoms with E-state index in [2.05, 4.69) is 58.2 Å². The summed E-state index contributed by atoms with van der Waals surface area (Å²) in [5, 5.41) is 19.3. The molecule has 2 atom stereocenters. The number of carboxylic acids is 1. The Kier molecular flexibility index (Phi) is 8.53. The summed E-state index contributed by atoms with van der Waals surface area (Å²) in [6, 6.07) is 15.6. The van der Waals surface area contributed by atoms with Crippen molar-refractivity contribution >= 4 is 16.9 Å². The molecule has 0 amide bonds. The van der Waals surface area contributed by atoms with Crippen molar-refractivity contribution in [2.75, 3.05) is 0 Å². The summed E-state index contributed by atoms with van der Waals surface area (Å²) >= 11 is 0. The average molecular weight is 679 g/mol. The fraction of sp³-hybridized carbons (Fsp3) is 0.333. The van der Waals surface area contributed by atoms with Gasteiger partial charge in [-0.3, -0.25) is 4.79 Å². The summed E-state index contributed by atoms with van der Waals surface area (Å²) in [4.78, 5) is 22.8. The number of nitrogens with zero attached hydrogens (tertiary/aromatic N) is 4. The molecule has 9 nitrogen and oxygen atoms in total. The van der Waals surface area contributed by atoms with Crippen LogP contribution in [0.5, 0.6) is 11.5 Å². The first-order valence-electron chi connectivity index (χ1n) is 17.0. The number of imidazole rings is 1. The Bertz CT molecular complexity index is 2200. The minimum absolute atomic E-state index is 0.0219. The van der Waals surface area contributed by atoms with Gasteiger partial charge in [0.15, 0.2) is 11.6 Å². The van der Waals surface area contributed by atoms with Crippen molar-refractivity contribution in [3.05, 3.63) is 113 Å². The molecule has 1 aliphatic rings. The zero-order chi connectivity index (χ0) is 35.2. The number of nitrogens with one attached hydrogen (secondary N) is 2. The molecule has 1 aliphatic heterocycles. The smallest absolute Gasteiger partial charge is 0.306 e.